The van der Waals surface area contributed by atoms with E-state index < -0.39 is 0 Å². The Morgan fingerprint density at radius 1 is 1.04 bits per heavy atom. The monoisotopic (exact) mass is 365 g/mol. The number of carbonyl (C=O) groups is 1. The van der Waals surface area contributed by atoms with Crippen LogP contribution in [0.25, 0.3) is 10.6 Å². The minimum absolute atomic E-state index is 0.0523. The van der Waals surface area contributed by atoms with Crippen LogP contribution in [0, 0.1) is 6.92 Å². The second-order valence-electron chi connectivity index (χ2n) is 6.16. The maximum absolute atomic E-state index is 12.9. The van der Waals surface area contributed by atoms with Gasteiger partial charge in [0.2, 0.25) is 0 Å². The first kappa shape index (κ1) is 16.7. The van der Waals surface area contributed by atoms with Crippen LogP contribution < -0.4 is 4.90 Å². The van der Waals surface area contributed by atoms with Gasteiger partial charge >= 0.3 is 0 Å². The zero-order chi connectivity index (χ0) is 17.9. The van der Waals surface area contributed by atoms with Crippen molar-refractivity contribution in [3.63, 3.8) is 0 Å². The number of nitrogens with zero attached hydrogens (tertiary/aromatic N) is 5. The second kappa shape index (κ2) is 7.21. The summed E-state index contributed by atoms with van der Waals surface area (Å²) in [6.45, 7) is 4.90. The van der Waals surface area contributed by atoms with Crippen LogP contribution in [-0.4, -0.2) is 51.9 Å². The molecule has 132 valence electrons. The molecular weight excluding hydrogens is 346 g/mol. The number of hydrogen-bond donors (Lipinski definition) is 0. The molecule has 1 aliphatic heterocycles. The zero-order valence-corrected chi connectivity index (χ0v) is 15.3. The summed E-state index contributed by atoms with van der Waals surface area (Å²) in [7, 11) is 0. The van der Waals surface area contributed by atoms with Crippen LogP contribution in [0.1, 0.15) is 16.1 Å². The molecule has 0 bridgehead atoms. The molecule has 0 atom stereocenters. The lowest BCUT2D eigenvalue weighted by atomic mass is 10.1. The number of anilines is 1. The molecule has 1 fully saturated rings. The van der Waals surface area contributed by atoms with Gasteiger partial charge in [-0.25, -0.2) is 9.97 Å². The van der Waals surface area contributed by atoms with Crippen molar-refractivity contribution in [3.05, 3.63) is 59.5 Å². The molecule has 4 rings (SSSR count). The van der Waals surface area contributed by atoms with Gasteiger partial charge < -0.3 is 9.80 Å². The Kier molecular flexibility index (Phi) is 4.62. The first-order valence-electron chi connectivity index (χ1n) is 8.54. The van der Waals surface area contributed by atoms with Crippen molar-refractivity contribution in [2.75, 3.05) is 31.1 Å². The number of pyridine rings is 2. The number of aromatic nitrogens is 3. The molecule has 1 saturated heterocycles. The topological polar surface area (TPSA) is 62.2 Å². The van der Waals surface area contributed by atoms with Crippen LogP contribution in [0.15, 0.2) is 48.2 Å². The maximum Gasteiger partial charge on any atom is 0.254 e. The third-order valence-electron chi connectivity index (χ3n) is 4.53. The van der Waals surface area contributed by atoms with E-state index in [2.05, 4.69) is 19.9 Å². The van der Waals surface area contributed by atoms with Crippen LogP contribution in [0.5, 0.6) is 0 Å². The quantitative estimate of drug-likeness (QED) is 0.714. The van der Waals surface area contributed by atoms with E-state index in [0.717, 1.165) is 35.2 Å². The van der Waals surface area contributed by atoms with Crippen molar-refractivity contribution in [1.29, 1.82) is 0 Å². The number of aryl methyl sites for hydroxylation is 1. The summed E-state index contributed by atoms with van der Waals surface area (Å²) in [5.41, 5.74) is 4.23. The smallest absolute Gasteiger partial charge is 0.254 e. The van der Waals surface area contributed by atoms with Gasteiger partial charge in [-0.1, -0.05) is 6.07 Å². The van der Waals surface area contributed by atoms with E-state index in [1.165, 1.54) is 0 Å². The molecule has 3 aromatic heterocycles. The number of rotatable bonds is 3. The van der Waals surface area contributed by atoms with Crippen LogP contribution in [0.4, 0.5) is 5.82 Å². The van der Waals surface area contributed by atoms with Gasteiger partial charge in [0.25, 0.3) is 5.91 Å². The van der Waals surface area contributed by atoms with Gasteiger partial charge in [0, 0.05) is 44.1 Å². The highest BCUT2D eigenvalue weighted by molar-refractivity contribution is 7.13. The lowest BCUT2D eigenvalue weighted by molar-refractivity contribution is 0.0746. The summed E-state index contributed by atoms with van der Waals surface area (Å²) in [4.78, 5) is 31.1. The molecule has 1 amide bonds. The Morgan fingerprint density at radius 3 is 2.58 bits per heavy atom. The minimum Gasteiger partial charge on any atom is -0.353 e. The van der Waals surface area contributed by atoms with Crippen molar-refractivity contribution >= 4 is 23.1 Å². The highest BCUT2D eigenvalue weighted by atomic mass is 32.1. The van der Waals surface area contributed by atoms with Crippen molar-refractivity contribution in [2.24, 2.45) is 0 Å². The zero-order valence-electron chi connectivity index (χ0n) is 14.5. The maximum atomic E-state index is 12.9. The Labute approximate surface area is 156 Å². The number of carbonyl (C=O) groups excluding carboxylic acids is 1. The van der Waals surface area contributed by atoms with E-state index in [9.17, 15) is 4.79 Å². The first-order chi connectivity index (χ1) is 12.7. The van der Waals surface area contributed by atoms with E-state index in [1.807, 2.05) is 36.1 Å². The Hall–Kier alpha value is -2.80. The Balaban J connectivity index is 1.47. The molecule has 6 nitrogen and oxygen atoms in total. The van der Waals surface area contributed by atoms with Gasteiger partial charge in [-0.3, -0.25) is 9.78 Å². The van der Waals surface area contributed by atoms with Crippen molar-refractivity contribution in [3.8, 4) is 10.6 Å². The van der Waals surface area contributed by atoms with Crippen molar-refractivity contribution < 1.29 is 4.79 Å². The summed E-state index contributed by atoms with van der Waals surface area (Å²) < 4.78 is 0. The standard InChI is InChI=1S/C19H19N5OS/c1-14-18(26-13-22-14)16-12-15(5-7-20-16)19(25)24-10-8-23(9-11-24)17-4-2-3-6-21-17/h2-7,12-13H,8-11H2,1H3. The predicted molar refractivity (Wildman–Crippen MR) is 102 cm³/mol. The summed E-state index contributed by atoms with van der Waals surface area (Å²) in [5, 5.41) is 0. The minimum atomic E-state index is 0.0523. The van der Waals surface area contributed by atoms with Crippen LogP contribution in [0.3, 0.4) is 0 Å². The SMILES string of the molecule is Cc1ncsc1-c1cc(C(=O)N2CCN(c3ccccn3)CC2)ccn1. The summed E-state index contributed by atoms with van der Waals surface area (Å²) in [6, 6.07) is 9.56. The summed E-state index contributed by atoms with van der Waals surface area (Å²) in [5.74, 6) is 1.02. The number of piperazine rings is 1. The molecule has 0 radical (unpaired) electrons. The number of hydrogen-bond acceptors (Lipinski definition) is 6. The van der Waals surface area contributed by atoms with Gasteiger partial charge in [0.15, 0.2) is 0 Å². The van der Waals surface area contributed by atoms with Gasteiger partial charge in [-0.05, 0) is 31.2 Å². The third-order valence-corrected chi connectivity index (χ3v) is 5.48. The third kappa shape index (κ3) is 3.30. The average Bonchev–Trinajstić information content (AvgIpc) is 3.14. The molecule has 26 heavy (non-hydrogen) atoms. The van der Waals surface area contributed by atoms with Crippen LogP contribution in [0.2, 0.25) is 0 Å². The molecule has 0 saturated carbocycles. The Morgan fingerprint density at radius 2 is 1.88 bits per heavy atom. The van der Waals surface area contributed by atoms with Crippen LogP contribution in [-0.2, 0) is 0 Å². The molecule has 3 aromatic rings. The molecule has 7 heteroatoms. The van der Waals surface area contributed by atoms with Crippen molar-refractivity contribution in [1.82, 2.24) is 19.9 Å². The van der Waals surface area contributed by atoms with E-state index in [1.54, 1.807) is 35.3 Å². The van der Waals surface area contributed by atoms with Crippen LogP contribution >= 0.6 is 11.3 Å². The number of thiazole rings is 1. The Bertz CT molecular complexity index is 903. The molecule has 0 aromatic carbocycles. The highest BCUT2D eigenvalue weighted by Crippen LogP contribution is 2.26. The fraction of sp³-hybridized carbons (Fsp3) is 0.263. The molecule has 0 unspecified atom stereocenters. The van der Waals surface area contributed by atoms with Crippen molar-refractivity contribution in [2.45, 2.75) is 6.92 Å². The van der Waals surface area contributed by atoms with Gasteiger partial charge in [-0.2, -0.15) is 0 Å². The molecule has 0 aliphatic carbocycles. The summed E-state index contributed by atoms with van der Waals surface area (Å²) >= 11 is 1.54. The molecule has 0 N–H and O–H groups in total. The van der Waals surface area contributed by atoms with E-state index in [-0.39, 0.29) is 5.91 Å². The van der Waals surface area contributed by atoms with E-state index >= 15 is 0 Å². The van der Waals surface area contributed by atoms with Gasteiger partial charge in [0.05, 0.1) is 21.8 Å². The van der Waals surface area contributed by atoms with E-state index in [0.29, 0.717) is 18.7 Å². The molecule has 1 aliphatic rings. The lowest BCUT2D eigenvalue weighted by Gasteiger charge is -2.35. The molecule has 0 spiro atoms. The molecule has 4 heterocycles. The van der Waals surface area contributed by atoms with Gasteiger partial charge in [0.1, 0.15) is 5.82 Å². The normalized spacial score (nSPS) is 14.5. The fourth-order valence-corrected chi connectivity index (χ4v) is 3.87. The average molecular weight is 365 g/mol. The number of amides is 1. The second-order valence-corrected chi connectivity index (χ2v) is 7.02. The lowest BCUT2D eigenvalue weighted by Crippen LogP contribution is -2.49. The first-order valence-corrected chi connectivity index (χ1v) is 9.42. The summed E-state index contributed by atoms with van der Waals surface area (Å²) in [6.07, 6.45) is 3.50. The largest absolute Gasteiger partial charge is 0.353 e. The molecular formula is C19H19N5OS. The van der Waals surface area contributed by atoms with Gasteiger partial charge in [-0.15, -0.1) is 11.3 Å². The predicted octanol–water partition coefficient (Wildman–Crippen LogP) is 2.87. The fourth-order valence-electron chi connectivity index (χ4n) is 3.10. The highest BCUT2D eigenvalue weighted by Gasteiger charge is 2.23. The van der Waals surface area contributed by atoms with E-state index in [4.69, 9.17) is 0 Å².